The van der Waals surface area contributed by atoms with E-state index in [1.165, 1.54) is 18.2 Å². The zero-order chi connectivity index (χ0) is 12.4. The Balaban J connectivity index is 2.20. The van der Waals surface area contributed by atoms with Gasteiger partial charge in [0.2, 0.25) is 0 Å². The summed E-state index contributed by atoms with van der Waals surface area (Å²) in [5, 5.41) is 19.3. The number of phenols is 2. The van der Waals surface area contributed by atoms with Crippen molar-refractivity contribution in [3.05, 3.63) is 23.8 Å². The van der Waals surface area contributed by atoms with E-state index < -0.39 is 0 Å². The summed E-state index contributed by atoms with van der Waals surface area (Å²) in [6.45, 7) is 2.84. The molecule has 1 amide bonds. The number of benzene rings is 1. The van der Waals surface area contributed by atoms with Gasteiger partial charge in [0.1, 0.15) is 17.1 Å². The van der Waals surface area contributed by atoms with Gasteiger partial charge in [-0.25, -0.2) is 0 Å². The van der Waals surface area contributed by atoms with Crippen LogP contribution in [-0.2, 0) is 0 Å². The van der Waals surface area contributed by atoms with Gasteiger partial charge in [-0.2, -0.15) is 0 Å². The first-order chi connectivity index (χ1) is 8.09. The predicted octanol–water partition coefficient (Wildman–Crippen LogP) is 0.485. The molecule has 1 heterocycles. The lowest BCUT2D eigenvalue weighted by Gasteiger charge is -2.32. The van der Waals surface area contributed by atoms with Crippen molar-refractivity contribution >= 4 is 5.91 Å². The predicted molar refractivity (Wildman–Crippen MR) is 63.2 cm³/mol. The molecule has 1 saturated heterocycles. The van der Waals surface area contributed by atoms with E-state index in [9.17, 15) is 15.0 Å². The van der Waals surface area contributed by atoms with E-state index in [2.05, 4.69) is 4.90 Å². The van der Waals surface area contributed by atoms with E-state index >= 15 is 0 Å². The van der Waals surface area contributed by atoms with Crippen molar-refractivity contribution in [3.63, 3.8) is 0 Å². The highest BCUT2D eigenvalue weighted by molar-refractivity contribution is 5.99. The standard InChI is InChI=1S/C12H16N2O3/c1-13-5-7-14(8-6-13)12(17)11-9(15)3-2-4-10(11)16/h2-4,15-16H,5-8H2,1H3. The van der Waals surface area contributed by atoms with Crippen LogP contribution in [-0.4, -0.2) is 59.1 Å². The minimum atomic E-state index is -0.311. The number of nitrogens with zero attached hydrogens (tertiary/aromatic N) is 2. The fourth-order valence-corrected chi connectivity index (χ4v) is 1.92. The molecule has 92 valence electrons. The van der Waals surface area contributed by atoms with Crippen LogP contribution < -0.4 is 0 Å². The topological polar surface area (TPSA) is 64.0 Å². The molecule has 0 saturated carbocycles. The fraction of sp³-hybridized carbons (Fsp3) is 0.417. The highest BCUT2D eigenvalue weighted by Gasteiger charge is 2.24. The average Bonchev–Trinajstić information content (AvgIpc) is 2.29. The number of phenolic OH excluding ortho intramolecular Hbond substituents is 2. The molecule has 0 atom stereocenters. The molecule has 1 aliphatic rings. The third-order valence-corrected chi connectivity index (χ3v) is 3.02. The lowest BCUT2D eigenvalue weighted by molar-refractivity contribution is 0.0658. The number of carbonyl (C=O) groups excluding carboxylic acids is 1. The largest absolute Gasteiger partial charge is 0.507 e. The fourth-order valence-electron chi connectivity index (χ4n) is 1.92. The summed E-state index contributed by atoms with van der Waals surface area (Å²) in [5.74, 6) is -0.656. The number of rotatable bonds is 1. The molecule has 0 bridgehead atoms. The molecule has 1 aromatic rings. The second kappa shape index (κ2) is 4.63. The molecule has 2 N–H and O–H groups in total. The molecule has 0 unspecified atom stereocenters. The van der Waals surface area contributed by atoms with Gasteiger partial charge < -0.3 is 20.0 Å². The van der Waals surface area contributed by atoms with Crippen LogP contribution in [0.1, 0.15) is 10.4 Å². The summed E-state index contributed by atoms with van der Waals surface area (Å²) < 4.78 is 0. The number of likely N-dealkylation sites (N-methyl/N-ethyl adjacent to an activating group) is 1. The lowest BCUT2D eigenvalue weighted by atomic mass is 10.1. The van der Waals surface area contributed by atoms with E-state index in [0.29, 0.717) is 13.1 Å². The quantitative estimate of drug-likeness (QED) is 0.744. The number of hydrogen-bond acceptors (Lipinski definition) is 4. The van der Waals surface area contributed by atoms with Crippen molar-refractivity contribution < 1.29 is 15.0 Å². The first-order valence-electron chi connectivity index (χ1n) is 5.58. The average molecular weight is 236 g/mol. The number of amides is 1. The van der Waals surface area contributed by atoms with Gasteiger partial charge in [-0.15, -0.1) is 0 Å². The van der Waals surface area contributed by atoms with Gasteiger partial charge >= 0.3 is 0 Å². The summed E-state index contributed by atoms with van der Waals surface area (Å²) in [6.07, 6.45) is 0. The number of carbonyl (C=O) groups is 1. The van der Waals surface area contributed by atoms with Crippen molar-refractivity contribution in [1.29, 1.82) is 0 Å². The third-order valence-electron chi connectivity index (χ3n) is 3.02. The molecule has 1 fully saturated rings. The summed E-state index contributed by atoms with van der Waals surface area (Å²) in [5.41, 5.74) is -0.00273. The maximum Gasteiger partial charge on any atom is 0.261 e. The van der Waals surface area contributed by atoms with Crippen molar-refractivity contribution in [2.45, 2.75) is 0 Å². The second-order valence-electron chi connectivity index (χ2n) is 4.27. The molecular weight excluding hydrogens is 220 g/mol. The molecule has 0 radical (unpaired) electrons. The molecule has 0 aromatic heterocycles. The SMILES string of the molecule is CN1CCN(C(=O)c2c(O)cccc2O)CC1. The van der Waals surface area contributed by atoms with Crippen molar-refractivity contribution in [1.82, 2.24) is 9.80 Å². The zero-order valence-electron chi connectivity index (χ0n) is 9.76. The minimum Gasteiger partial charge on any atom is -0.507 e. The Morgan fingerprint density at radius 1 is 1.12 bits per heavy atom. The molecular formula is C12H16N2O3. The molecule has 5 heteroatoms. The summed E-state index contributed by atoms with van der Waals surface area (Å²) in [4.78, 5) is 15.9. The highest BCUT2D eigenvalue weighted by Crippen LogP contribution is 2.27. The van der Waals surface area contributed by atoms with Crippen LogP contribution in [0.2, 0.25) is 0 Å². The summed E-state index contributed by atoms with van der Waals surface area (Å²) in [6, 6.07) is 4.32. The number of aromatic hydroxyl groups is 2. The highest BCUT2D eigenvalue weighted by atomic mass is 16.3. The van der Waals surface area contributed by atoms with Gasteiger partial charge in [0, 0.05) is 26.2 Å². The Morgan fingerprint density at radius 3 is 2.18 bits per heavy atom. The Labute approximate surface area is 99.9 Å². The lowest BCUT2D eigenvalue weighted by Crippen LogP contribution is -2.47. The molecule has 5 nitrogen and oxygen atoms in total. The van der Waals surface area contributed by atoms with Crippen LogP contribution in [0.3, 0.4) is 0 Å². The summed E-state index contributed by atoms with van der Waals surface area (Å²) in [7, 11) is 2.00. The Bertz CT molecular complexity index is 406. The summed E-state index contributed by atoms with van der Waals surface area (Å²) >= 11 is 0. The first kappa shape index (κ1) is 11.7. The second-order valence-corrected chi connectivity index (χ2v) is 4.27. The monoisotopic (exact) mass is 236 g/mol. The Kier molecular flexibility index (Phi) is 3.19. The van der Waals surface area contributed by atoms with Gasteiger partial charge in [0.25, 0.3) is 5.91 Å². The molecule has 1 aliphatic heterocycles. The van der Waals surface area contributed by atoms with Crippen molar-refractivity contribution in [3.8, 4) is 11.5 Å². The number of hydrogen-bond donors (Lipinski definition) is 2. The smallest absolute Gasteiger partial charge is 0.261 e. The van der Waals surface area contributed by atoms with Crippen LogP contribution in [0.25, 0.3) is 0 Å². The molecule has 17 heavy (non-hydrogen) atoms. The van der Waals surface area contributed by atoms with Crippen molar-refractivity contribution in [2.24, 2.45) is 0 Å². The van der Waals surface area contributed by atoms with Gasteiger partial charge in [0.05, 0.1) is 0 Å². The molecule has 0 aliphatic carbocycles. The van der Waals surface area contributed by atoms with Gasteiger partial charge in [-0.3, -0.25) is 4.79 Å². The van der Waals surface area contributed by atoms with E-state index in [1.54, 1.807) is 4.90 Å². The maximum absolute atomic E-state index is 12.1. The minimum absolute atomic E-state index is 0.00273. The van der Waals surface area contributed by atoms with Gasteiger partial charge in [0.15, 0.2) is 0 Å². The van der Waals surface area contributed by atoms with Crippen LogP contribution >= 0.6 is 0 Å². The number of piperazine rings is 1. The molecule has 2 rings (SSSR count). The Hall–Kier alpha value is -1.75. The molecule has 1 aromatic carbocycles. The third kappa shape index (κ3) is 2.34. The van der Waals surface area contributed by atoms with E-state index in [-0.39, 0.29) is 23.0 Å². The van der Waals surface area contributed by atoms with Crippen LogP contribution in [0.15, 0.2) is 18.2 Å². The zero-order valence-corrected chi connectivity index (χ0v) is 9.76. The van der Waals surface area contributed by atoms with E-state index in [1.807, 2.05) is 7.05 Å². The van der Waals surface area contributed by atoms with Gasteiger partial charge in [-0.1, -0.05) is 6.07 Å². The van der Waals surface area contributed by atoms with Crippen LogP contribution in [0, 0.1) is 0 Å². The first-order valence-corrected chi connectivity index (χ1v) is 5.58. The van der Waals surface area contributed by atoms with E-state index in [0.717, 1.165) is 13.1 Å². The van der Waals surface area contributed by atoms with E-state index in [4.69, 9.17) is 0 Å². The maximum atomic E-state index is 12.1. The normalized spacial score (nSPS) is 17.1. The van der Waals surface area contributed by atoms with Gasteiger partial charge in [-0.05, 0) is 19.2 Å². The van der Waals surface area contributed by atoms with Crippen LogP contribution in [0.5, 0.6) is 11.5 Å². The van der Waals surface area contributed by atoms with Crippen LogP contribution in [0.4, 0.5) is 0 Å². The van der Waals surface area contributed by atoms with Crippen molar-refractivity contribution in [2.75, 3.05) is 33.2 Å². The molecule has 0 spiro atoms. The Morgan fingerprint density at radius 2 is 1.65 bits per heavy atom.